The van der Waals surface area contributed by atoms with Gasteiger partial charge in [-0.15, -0.1) is 12.4 Å². The summed E-state index contributed by atoms with van der Waals surface area (Å²) in [4.78, 5) is 6.64. The highest BCUT2D eigenvalue weighted by molar-refractivity contribution is 5.85. The van der Waals surface area contributed by atoms with E-state index in [0.717, 1.165) is 43.1 Å². The average molecular weight is 370 g/mol. The number of benzene rings is 1. The molecule has 0 saturated carbocycles. The third kappa shape index (κ3) is 4.12. The van der Waals surface area contributed by atoms with Crippen molar-refractivity contribution in [3.05, 3.63) is 66.6 Å². The molecule has 1 aliphatic heterocycles. The molecule has 0 spiro atoms. The smallest absolute Gasteiger partial charge is 0.0973 e. The van der Waals surface area contributed by atoms with Crippen LogP contribution in [0.15, 0.2) is 61.1 Å². The summed E-state index contributed by atoms with van der Waals surface area (Å²) in [5.41, 5.74) is 4.49. The summed E-state index contributed by atoms with van der Waals surface area (Å²) in [7, 11) is 0. The highest BCUT2D eigenvalue weighted by atomic mass is 35.5. The molecule has 0 radical (unpaired) electrons. The van der Waals surface area contributed by atoms with Gasteiger partial charge in [0.05, 0.1) is 11.4 Å². The van der Waals surface area contributed by atoms with Crippen LogP contribution in [-0.4, -0.2) is 45.3 Å². The number of rotatable bonds is 4. The van der Waals surface area contributed by atoms with Gasteiger partial charge in [0.2, 0.25) is 0 Å². The van der Waals surface area contributed by atoms with E-state index in [1.807, 2.05) is 47.4 Å². The van der Waals surface area contributed by atoms with Gasteiger partial charge in [0.1, 0.15) is 0 Å². The van der Waals surface area contributed by atoms with Gasteiger partial charge in [0.15, 0.2) is 0 Å². The standard InChI is InChI=1S/C20H23N5.ClH/c1-16-13-24(12-11-22-16)14-18-15-25(19-5-3-2-4-6-19)23-20(18)17-7-9-21-10-8-17;/h2-10,15-16,22H,11-14H2,1H3;1H/t16-;/m1./s1. The summed E-state index contributed by atoms with van der Waals surface area (Å²) in [6, 6.07) is 14.9. The molecule has 0 bridgehead atoms. The highest BCUT2D eigenvalue weighted by Crippen LogP contribution is 2.24. The molecule has 1 atom stereocenters. The maximum atomic E-state index is 4.88. The maximum Gasteiger partial charge on any atom is 0.0973 e. The number of hydrogen-bond acceptors (Lipinski definition) is 4. The molecule has 0 amide bonds. The molecule has 4 rings (SSSR count). The minimum atomic E-state index is 0. The minimum Gasteiger partial charge on any atom is -0.312 e. The van der Waals surface area contributed by atoms with E-state index in [9.17, 15) is 0 Å². The Labute approximate surface area is 160 Å². The fourth-order valence-corrected chi connectivity index (χ4v) is 3.39. The van der Waals surface area contributed by atoms with Crippen LogP contribution in [0.1, 0.15) is 12.5 Å². The molecule has 1 saturated heterocycles. The zero-order valence-electron chi connectivity index (χ0n) is 14.9. The number of halogens is 1. The largest absolute Gasteiger partial charge is 0.312 e. The first-order valence-corrected chi connectivity index (χ1v) is 8.80. The zero-order valence-corrected chi connectivity index (χ0v) is 15.7. The van der Waals surface area contributed by atoms with Gasteiger partial charge < -0.3 is 5.32 Å². The second kappa shape index (κ2) is 8.45. The molecule has 0 unspecified atom stereocenters. The van der Waals surface area contributed by atoms with Crippen LogP contribution in [0, 0.1) is 0 Å². The lowest BCUT2D eigenvalue weighted by atomic mass is 10.1. The van der Waals surface area contributed by atoms with E-state index in [-0.39, 0.29) is 12.4 Å². The molecule has 1 aromatic carbocycles. The summed E-state index contributed by atoms with van der Waals surface area (Å²) in [6.45, 7) is 6.32. The first kappa shape index (κ1) is 18.6. The van der Waals surface area contributed by atoms with Crippen molar-refractivity contribution in [3.63, 3.8) is 0 Å². The van der Waals surface area contributed by atoms with Crippen LogP contribution in [0.5, 0.6) is 0 Å². The number of pyridine rings is 1. The van der Waals surface area contributed by atoms with Crippen molar-refractivity contribution < 1.29 is 0 Å². The third-order valence-electron chi connectivity index (χ3n) is 4.61. The topological polar surface area (TPSA) is 46.0 Å². The van der Waals surface area contributed by atoms with Crippen LogP contribution in [0.2, 0.25) is 0 Å². The molecule has 1 N–H and O–H groups in total. The van der Waals surface area contributed by atoms with Crippen molar-refractivity contribution in [3.8, 4) is 16.9 Å². The summed E-state index contributed by atoms with van der Waals surface area (Å²) in [6.07, 6.45) is 5.82. The number of piperazine rings is 1. The van der Waals surface area contributed by atoms with Gasteiger partial charge in [-0.1, -0.05) is 18.2 Å². The van der Waals surface area contributed by atoms with Crippen LogP contribution < -0.4 is 5.32 Å². The predicted molar refractivity (Wildman–Crippen MR) is 107 cm³/mol. The van der Waals surface area contributed by atoms with Crippen molar-refractivity contribution >= 4 is 12.4 Å². The summed E-state index contributed by atoms with van der Waals surface area (Å²) in [5.74, 6) is 0. The quantitative estimate of drug-likeness (QED) is 0.767. The predicted octanol–water partition coefficient (Wildman–Crippen LogP) is 3.15. The van der Waals surface area contributed by atoms with Crippen molar-refractivity contribution in [2.24, 2.45) is 0 Å². The summed E-state index contributed by atoms with van der Waals surface area (Å²) < 4.78 is 1.98. The van der Waals surface area contributed by atoms with Crippen molar-refractivity contribution in [2.45, 2.75) is 19.5 Å². The number of nitrogens with one attached hydrogen (secondary N) is 1. The van der Waals surface area contributed by atoms with E-state index in [4.69, 9.17) is 5.10 Å². The monoisotopic (exact) mass is 369 g/mol. The van der Waals surface area contributed by atoms with Gasteiger partial charge in [0.25, 0.3) is 0 Å². The molecule has 1 aliphatic rings. The highest BCUT2D eigenvalue weighted by Gasteiger charge is 2.19. The lowest BCUT2D eigenvalue weighted by Gasteiger charge is -2.31. The molecule has 3 heterocycles. The molecular formula is C20H24ClN5. The second-order valence-corrected chi connectivity index (χ2v) is 6.61. The Morgan fingerprint density at radius 3 is 2.62 bits per heavy atom. The van der Waals surface area contributed by atoms with E-state index in [1.54, 1.807) is 0 Å². The van der Waals surface area contributed by atoms with Gasteiger partial charge in [0, 0.05) is 61.9 Å². The Balaban J connectivity index is 0.00000196. The zero-order chi connectivity index (χ0) is 17.1. The van der Waals surface area contributed by atoms with Gasteiger partial charge >= 0.3 is 0 Å². The second-order valence-electron chi connectivity index (χ2n) is 6.61. The van der Waals surface area contributed by atoms with E-state index in [1.165, 1.54) is 5.56 Å². The van der Waals surface area contributed by atoms with E-state index < -0.39 is 0 Å². The average Bonchev–Trinajstić information content (AvgIpc) is 3.07. The molecule has 3 aromatic rings. The molecule has 5 nitrogen and oxygen atoms in total. The van der Waals surface area contributed by atoms with Crippen molar-refractivity contribution in [1.82, 2.24) is 25.0 Å². The Morgan fingerprint density at radius 2 is 1.88 bits per heavy atom. The number of hydrogen-bond donors (Lipinski definition) is 1. The molecule has 0 aliphatic carbocycles. The maximum absolute atomic E-state index is 4.88. The van der Waals surface area contributed by atoms with Gasteiger partial charge in [-0.25, -0.2) is 4.68 Å². The first-order valence-electron chi connectivity index (χ1n) is 8.80. The molecule has 1 fully saturated rings. The Bertz CT molecular complexity index is 819. The minimum absolute atomic E-state index is 0. The lowest BCUT2D eigenvalue weighted by Crippen LogP contribution is -2.48. The molecular weight excluding hydrogens is 346 g/mol. The van der Waals surface area contributed by atoms with E-state index in [0.29, 0.717) is 6.04 Å². The molecule has 2 aromatic heterocycles. The normalized spacial score (nSPS) is 17.7. The van der Waals surface area contributed by atoms with E-state index >= 15 is 0 Å². The van der Waals surface area contributed by atoms with E-state index in [2.05, 4.69) is 40.5 Å². The fraction of sp³-hybridized carbons (Fsp3) is 0.300. The van der Waals surface area contributed by atoms with Crippen LogP contribution in [-0.2, 0) is 6.54 Å². The van der Waals surface area contributed by atoms with Gasteiger partial charge in [-0.2, -0.15) is 5.10 Å². The van der Waals surface area contributed by atoms with Crippen LogP contribution in [0.3, 0.4) is 0 Å². The number of nitrogens with zero attached hydrogens (tertiary/aromatic N) is 4. The van der Waals surface area contributed by atoms with Crippen molar-refractivity contribution in [2.75, 3.05) is 19.6 Å². The Hall–Kier alpha value is -2.21. The van der Waals surface area contributed by atoms with Crippen molar-refractivity contribution in [1.29, 1.82) is 0 Å². The van der Waals surface area contributed by atoms with Crippen LogP contribution in [0.4, 0.5) is 0 Å². The number of para-hydroxylation sites is 1. The summed E-state index contributed by atoms with van der Waals surface area (Å²) >= 11 is 0. The molecule has 136 valence electrons. The Morgan fingerprint density at radius 1 is 1.12 bits per heavy atom. The lowest BCUT2D eigenvalue weighted by molar-refractivity contribution is 0.200. The van der Waals surface area contributed by atoms with Crippen LogP contribution >= 0.6 is 12.4 Å². The summed E-state index contributed by atoms with van der Waals surface area (Å²) in [5, 5.41) is 8.39. The fourth-order valence-electron chi connectivity index (χ4n) is 3.39. The van der Waals surface area contributed by atoms with Gasteiger partial charge in [-0.05, 0) is 31.2 Å². The van der Waals surface area contributed by atoms with Gasteiger partial charge in [-0.3, -0.25) is 9.88 Å². The molecule has 6 heteroatoms. The third-order valence-corrected chi connectivity index (χ3v) is 4.61. The first-order chi connectivity index (χ1) is 12.3. The Kier molecular flexibility index (Phi) is 6.04. The SMILES string of the molecule is C[C@@H]1CN(Cc2cn(-c3ccccc3)nc2-c2ccncc2)CCN1.Cl. The van der Waals surface area contributed by atoms with Crippen LogP contribution in [0.25, 0.3) is 16.9 Å². The molecule has 26 heavy (non-hydrogen) atoms. The number of aromatic nitrogens is 3.